The molecule has 0 bridgehead atoms. The van der Waals surface area contributed by atoms with E-state index in [0.717, 1.165) is 11.1 Å². The number of halogens is 1. The molecule has 2 amide bonds. The van der Waals surface area contributed by atoms with Crippen LogP contribution in [0, 0.1) is 6.92 Å². The topological polar surface area (TPSA) is 70.6 Å². The molecule has 0 saturated heterocycles. The Morgan fingerprint density at radius 2 is 1.83 bits per heavy atom. The van der Waals surface area contributed by atoms with Gasteiger partial charge in [-0.05, 0) is 36.3 Å². The summed E-state index contributed by atoms with van der Waals surface area (Å²) in [5.74, 6) is -1.69. The van der Waals surface area contributed by atoms with Crippen LogP contribution < -0.4 is 10.7 Å². The third kappa shape index (κ3) is 5.37. The Morgan fingerprint density at radius 1 is 1.08 bits per heavy atom. The normalized spacial score (nSPS) is 10.9. The van der Waals surface area contributed by atoms with E-state index in [9.17, 15) is 9.59 Å². The van der Waals surface area contributed by atoms with E-state index in [1.54, 1.807) is 24.3 Å². The highest BCUT2D eigenvalue weighted by Crippen LogP contribution is 2.19. The van der Waals surface area contributed by atoms with Crippen molar-refractivity contribution < 1.29 is 9.59 Å². The quantitative estimate of drug-likeness (QED) is 0.508. The van der Waals surface area contributed by atoms with E-state index < -0.39 is 11.8 Å². The van der Waals surface area contributed by atoms with E-state index >= 15 is 0 Å². The van der Waals surface area contributed by atoms with Gasteiger partial charge >= 0.3 is 11.8 Å². The highest BCUT2D eigenvalue weighted by atomic mass is 35.5. The van der Waals surface area contributed by atoms with Gasteiger partial charge in [-0.3, -0.25) is 9.59 Å². The minimum Gasteiger partial charge on any atom is -0.318 e. The van der Waals surface area contributed by atoms with E-state index in [-0.39, 0.29) is 0 Å². The number of carbonyl (C=O) groups is 2. The average molecular weight is 342 g/mol. The molecule has 0 aliphatic carbocycles. The minimum absolute atomic E-state index is 0.443. The van der Waals surface area contributed by atoms with Crippen LogP contribution >= 0.6 is 11.6 Å². The van der Waals surface area contributed by atoms with Crippen molar-refractivity contribution in [2.24, 2.45) is 5.10 Å². The van der Waals surface area contributed by atoms with Gasteiger partial charge in [0.1, 0.15) is 0 Å². The number of nitrogens with one attached hydrogen (secondary N) is 2. The molecule has 0 radical (unpaired) electrons. The first-order valence-corrected chi connectivity index (χ1v) is 7.56. The smallest absolute Gasteiger partial charge is 0.318 e. The largest absolute Gasteiger partial charge is 0.329 e. The van der Waals surface area contributed by atoms with Gasteiger partial charge in [0.25, 0.3) is 0 Å². The number of hydrazone groups is 1. The second-order valence-electron chi connectivity index (χ2n) is 4.91. The zero-order chi connectivity index (χ0) is 17.4. The summed E-state index contributed by atoms with van der Waals surface area (Å²) < 4.78 is 0. The fourth-order valence-electron chi connectivity index (χ4n) is 1.77. The van der Waals surface area contributed by atoms with E-state index in [2.05, 4.69) is 15.8 Å². The molecule has 24 heavy (non-hydrogen) atoms. The van der Waals surface area contributed by atoms with Crippen molar-refractivity contribution in [2.45, 2.75) is 6.92 Å². The summed E-state index contributed by atoms with van der Waals surface area (Å²) >= 11 is 5.96. The highest BCUT2D eigenvalue weighted by molar-refractivity contribution is 6.39. The number of anilines is 1. The molecule has 122 valence electrons. The lowest BCUT2D eigenvalue weighted by Gasteiger charge is -2.05. The molecule has 6 heteroatoms. The summed E-state index contributed by atoms with van der Waals surface area (Å²) in [5.41, 5.74) is 4.48. The predicted octanol–water partition coefficient (Wildman–Crippen LogP) is 3.40. The van der Waals surface area contributed by atoms with Crippen LogP contribution in [0.25, 0.3) is 6.08 Å². The fraction of sp³-hybridized carbons (Fsp3) is 0.0556. The molecule has 0 aromatic heterocycles. The Balaban J connectivity index is 1.83. The summed E-state index contributed by atoms with van der Waals surface area (Å²) in [6.45, 7) is 1.85. The summed E-state index contributed by atoms with van der Waals surface area (Å²) in [6.07, 6.45) is 4.87. The Hall–Kier alpha value is -2.92. The van der Waals surface area contributed by atoms with Crippen LogP contribution in [0.1, 0.15) is 11.1 Å². The van der Waals surface area contributed by atoms with Crippen molar-refractivity contribution in [3.05, 3.63) is 70.8 Å². The van der Waals surface area contributed by atoms with Crippen molar-refractivity contribution in [3.63, 3.8) is 0 Å². The summed E-state index contributed by atoms with van der Waals surface area (Å²) in [5, 5.41) is 6.64. The number of rotatable bonds is 4. The molecule has 0 spiro atoms. The van der Waals surface area contributed by atoms with Crippen molar-refractivity contribution in [1.29, 1.82) is 0 Å². The first-order valence-electron chi connectivity index (χ1n) is 7.18. The molecule has 0 saturated carbocycles. The van der Waals surface area contributed by atoms with Crippen LogP contribution in [-0.4, -0.2) is 18.0 Å². The van der Waals surface area contributed by atoms with Crippen molar-refractivity contribution >= 4 is 41.4 Å². The third-order valence-corrected chi connectivity index (χ3v) is 3.46. The van der Waals surface area contributed by atoms with E-state index in [1.165, 1.54) is 6.21 Å². The van der Waals surface area contributed by atoms with Crippen LogP contribution in [0.4, 0.5) is 5.69 Å². The maximum Gasteiger partial charge on any atom is 0.329 e. The monoisotopic (exact) mass is 341 g/mol. The van der Waals surface area contributed by atoms with Crippen LogP contribution in [0.5, 0.6) is 0 Å². The summed E-state index contributed by atoms with van der Waals surface area (Å²) in [7, 11) is 0. The van der Waals surface area contributed by atoms with Gasteiger partial charge in [0.05, 0.1) is 0 Å². The number of carbonyl (C=O) groups excluding carboxylic acids is 2. The number of benzene rings is 2. The zero-order valence-electron chi connectivity index (χ0n) is 13.0. The Bertz CT molecular complexity index is 786. The zero-order valence-corrected chi connectivity index (χ0v) is 13.7. The van der Waals surface area contributed by atoms with Gasteiger partial charge in [-0.15, -0.1) is 0 Å². The highest BCUT2D eigenvalue weighted by Gasteiger charge is 2.13. The standard InChI is InChI=1S/C18H16ClN3O2/c1-13-9-10-15(12-16(13)19)21-17(23)18(24)22-20-11-5-8-14-6-3-2-4-7-14/h2-12H,1H3,(H,21,23)(H,22,24)/b8-5+,20-11-. The summed E-state index contributed by atoms with van der Waals surface area (Å²) in [4.78, 5) is 23.4. The maximum atomic E-state index is 11.7. The number of hydrogen-bond donors (Lipinski definition) is 2. The van der Waals surface area contributed by atoms with Crippen LogP contribution in [-0.2, 0) is 9.59 Å². The molecule has 5 nitrogen and oxygen atoms in total. The van der Waals surface area contributed by atoms with E-state index in [1.807, 2.05) is 43.3 Å². The third-order valence-electron chi connectivity index (χ3n) is 3.05. The minimum atomic E-state index is -0.865. The predicted molar refractivity (Wildman–Crippen MR) is 96.9 cm³/mol. The molecule has 0 aliphatic rings. The lowest BCUT2D eigenvalue weighted by atomic mass is 10.2. The van der Waals surface area contributed by atoms with Crippen molar-refractivity contribution in [1.82, 2.24) is 5.43 Å². The SMILES string of the molecule is Cc1ccc(NC(=O)C(=O)N/N=C\C=C\c2ccccc2)cc1Cl. The van der Waals surface area contributed by atoms with Crippen molar-refractivity contribution in [2.75, 3.05) is 5.32 Å². The molecule has 0 atom stereocenters. The van der Waals surface area contributed by atoms with Gasteiger partial charge in [-0.25, -0.2) is 5.43 Å². The molecule has 2 aromatic rings. The lowest BCUT2D eigenvalue weighted by Crippen LogP contribution is -2.32. The molecule has 0 heterocycles. The molecule has 2 N–H and O–H groups in total. The summed E-state index contributed by atoms with van der Waals surface area (Å²) in [6, 6.07) is 14.6. The Morgan fingerprint density at radius 3 is 2.54 bits per heavy atom. The van der Waals surface area contributed by atoms with Gasteiger partial charge in [-0.1, -0.05) is 54.1 Å². The average Bonchev–Trinajstić information content (AvgIpc) is 2.58. The molecular formula is C18H16ClN3O2. The molecule has 0 unspecified atom stereocenters. The Labute approximate surface area is 145 Å². The molecular weight excluding hydrogens is 326 g/mol. The number of allylic oxidation sites excluding steroid dienone is 1. The number of hydrogen-bond acceptors (Lipinski definition) is 3. The molecule has 0 fully saturated rings. The van der Waals surface area contributed by atoms with Gasteiger partial charge in [0.2, 0.25) is 0 Å². The fourth-order valence-corrected chi connectivity index (χ4v) is 1.95. The lowest BCUT2D eigenvalue weighted by molar-refractivity contribution is -0.136. The number of nitrogens with zero attached hydrogens (tertiary/aromatic N) is 1. The first kappa shape index (κ1) is 17.4. The van der Waals surface area contributed by atoms with Crippen molar-refractivity contribution in [3.8, 4) is 0 Å². The van der Waals surface area contributed by atoms with E-state index in [0.29, 0.717) is 10.7 Å². The van der Waals surface area contributed by atoms with Gasteiger partial charge in [-0.2, -0.15) is 5.10 Å². The second-order valence-corrected chi connectivity index (χ2v) is 5.31. The number of amides is 2. The van der Waals surface area contributed by atoms with Crippen LogP contribution in [0.15, 0.2) is 59.7 Å². The Kier molecular flexibility index (Phi) is 6.28. The molecule has 0 aliphatic heterocycles. The first-order chi connectivity index (χ1) is 11.6. The molecule has 2 aromatic carbocycles. The van der Waals surface area contributed by atoms with Gasteiger partial charge in [0, 0.05) is 16.9 Å². The number of aryl methyl sites for hydroxylation is 1. The van der Waals surface area contributed by atoms with Crippen LogP contribution in [0.3, 0.4) is 0 Å². The molecule has 2 rings (SSSR count). The second kappa shape index (κ2) is 8.64. The van der Waals surface area contributed by atoms with Crippen LogP contribution in [0.2, 0.25) is 5.02 Å². The van der Waals surface area contributed by atoms with E-state index in [4.69, 9.17) is 11.6 Å². The van der Waals surface area contributed by atoms with Gasteiger partial charge in [0.15, 0.2) is 0 Å². The maximum absolute atomic E-state index is 11.7. The van der Waals surface area contributed by atoms with Gasteiger partial charge < -0.3 is 5.32 Å².